The molecule has 1 nitrogen and oxygen atoms in total. The zero-order chi connectivity index (χ0) is 12.1. The van der Waals surface area contributed by atoms with Gasteiger partial charge in [0, 0.05) is 34.4 Å². The molecule has 1 aromatic heterocycles. The molecule has 16 heavy (non-hydrogen) atoms. The van der Waals surface area contributed by atoms with Crippen molar-refractivity contribution in [3.8, 4) is 0 Å². The highest BCUT2D eigenvalue weighted by atomic mass is 79.9. The van der Waals surface area contributed by atoms with Crippen LogP contribution in [-0.4, -0.2) is 18.0 Å². The van der Waals surface area contributed by atoms with E-state index in [0.717, 1.165) is 18.4 Å². The number of halogens is 1. The van der Waals surface area contributed by atoms with Crippen LogP contribution in [-0.2, 0) is 6.54 Å². The van der Waals surface area contributed by atoms with Gasteiger partial charge in [0.1, 0.15) is 0 Å². The number of rotatable bonds is 6. The van der Waals surface area contributed by atoms with E-state index in [0.29, 0.717) is 0 Å². The number of hydrogen-bond donors (Lipinski definition) is 0. The molecule has 0 aliphatic heterocycles. The summed E-state index contributed by atoms with van der Waals surface area (Å²) in [5, 5.41) is 2.16. The fraction of sp³-hybridized carbons (Fsp3) is 0.692. The molecule has 0 aliphatic carbocycles. The lowest BCUT2D eigenvalue weighted by Gasteiger charge is -2.25. The van der Waals surface area contributed by atoms with Gasteiger partial charge >= 0.3 is 0 Å². The molecule has 0 aromatic carbocycles. The third-order valence-electron chi connectivity index (χ3n) is 2.25. The summed E-state index contributed by atoms with van der Waals surface area (Å²) in [6.45, 7) is 12.6. The van der Waals surface area contributed by atoms with Crippen LogP contribution in [0.4, 0.5) is 0 Å². The fourth-order valence-electron chi connectivity index (χ4n) is 1.89. The van der Waals surface area contributed by atoms with Crippen LogP contribution in [0.3, 0.4) is 0 Å². The van der Waals surface area contributed by atoms with E-state index in [1.54, 1.807) is 0 Å². The Morgan fingerprint density at radius 1 is 1.19 bits per heavy atom. The minimum atomic E-state index is 0.738. The van der Waals surface area contributed by atoms with Gasteiger partial charge in [0.2, 0.25) is 0 Å². The average Bonchev–Trinajstić information content (AvgIpc) is 2.48. The molecule has 0 unspecified atom stereocenters. The first-order valence-electron chi connectivity index (χ1n) is 5.92. The molecule has 0 saturated heterocycles. The molecule has 0 saturated carbocycles. The maximum absolute atomic E-state index is 3.52. The number of hydrogen-bond acceptors (Lipinski definition) is 2. The molecule has 0 aliphatic rings. The topological polar surface area (TPSA) is 3.24 Å². The monoisotopic (exact) mass is 303 g/mol. The van der Waals surface area contributed by atoms with Crippen LogP contribution in [0.15, 0.2) is 15.9 Å². The van der Waals surface area contributed by atoms with Gasteiger partial charge in [-0.15, -0.1) is 11.3 Å². The number of thiophene rings is 1. The van der Waals surface area contributed by atoms with Crippen molar-refractivity contribution in [2.24, 2.45) is 11.8 Å². The maximum atomic E-state index is 3.52. The van der Waals surface area contributed by atoms with Crippen LogP contribution in [0, 0.1) is 11.8 Å². The molecule has 0 atom stereocenters. The Morgan fingerprint density at radius 2 is 1.75 bits per heavy atom. The maximum Gasteiger partial charge on any atom is 0.0328 e. The molecule has 0 spiro atoms. The molecule has 92 valence electrons. The largest absolute Gasteiger partial charge is 0.298 e. The summed E-state index contributed by atoms with van der Waals surface area (Å²) in [7, 11) is 0. The van der Waals surface area contributed by atoms with Crippen molar-refractivity contribution in [3.05, 3.63) is 20.8 Å². The van der Waals surface area contributed by atoms with E-state index < -0.39 is 0 Å². The van der Waals surface area contributed by atoms with Crippen molar-refractivity contribution in [1.82, 2.24) is 4.90 Å². The van der Waals surface area contributed by atoms with Gasteiger partial charge in [-0.05, 0) is 33.8 Å². The highest BCUT2D eigenvalue weighted by Gasteiger charge is 2.11. The summed E-state index contributed by atoms with van der Waals surface area (Å²) < 4.78 is 1.21. The van der Waals surface area contributed by atoms with E-state index in [1.165, 1.54) is 22.4 Å². The second-order valence-corrected chi connectivity index (χ2v) is 7.12. The van der Waals surface area contributed by atoms with Crippen molar-refractivity contribution in [3.63, 3.8) is 0 Å². The van der Waals surface area contributed by atoms with E-state index in [4.69, 9.17) is 0 Å². The first-order chi connectivity index (χ1) is 7.47. The second-order valence-electron chi connectivity index (χ2n) is 5.21. The zero-order valence-corrected chi connectivity index (χ0v) is 13.1. The van der Waals surface area contributed by atoms with Crippen molar-refractivity contribution in [2.75, 3.05) is 13.1 Å². The quantitative estimate of drug-likeness (QED) is 0.741. The van der Waals surface area contributed by atoms with Gasteiger partial charge in [0.05, 0.1) is 0 Å². The molecule has 0 amide bonds. The van der Waals surface area contributed by atoms with Gasteiger partial charge < -0.3 is 0 Å². The first kappa shape index (κ1) is 14.2. The van der Waals surface area contributed by atoms with Crippen LogP contribution in [0.2, 0.25) is 0 Å². The average molecular weight is 304 g/mol. The Labute approximate surface area is 112 Å². The number of nitrogens with zero attached hydrogens (tertiary/aromatic N) is 1. The molecule has 0 fully saturated rings. The lowest BCUT2D eigenvalue weighted by atomic mass is 10.1. The van der Waals surface area contributed by atoms with Crippen LogP contribution >= 0.6 is 27.3 Å². The van der Waals surface area contributed by atoms with E-state index in [1.807, 2.05) is 11.3 Å². The fourth-order valence-corrected chi connectivity index (χ4v) is 3.39. The van der Waals surface area contributed by atoms with E-state index in [9.17, 15) is 0 Å². The van der Waals surface area contributed by atoms with E-state index in [-0.39, 0.29) is 0 Å². The van der Waals surface area contributed by atoms with Crippen molar-refractivity contribution in [1.29, 1.82) is 0 Å². The SMILES string of the molecule is CC(C)CN(Cc1cc(Br)cs1)CC(C)C. The molecule has 1 rings (SSSR count). The van der Waals surface area contributed by atoms with Gasteiger partial charge in [-0.1, -0.05) is 27.7 Å². The predicted octanol–water partition coefficient (Wildman–Crippen LogP) is 4.62. The molecule has 0 radical (unpaired) electrons. The summed E-state index contributed by atoms with van der Waals surface area (Å²) in [5.41, 5.74) is 0. The summed E-state index contributed by atoms with van der Waals surface area (Å²) in [4.78, 5) is 4.02. The van der Waals surface area contributed by atoms with Gasteiger partial charge in [0.25, 0.3) is 0 Å². The van der Waals surface area contributed by atoms with Gasteiger partial charge in [-0.25, -0.2) is 0 Å². The Bertz CT molecular complexity index is 297. The zero-order valence-electron chi connectivity index (χ0n) is 10.7. The lowest BCUT2D eigenvalue weighted by molar-refractivity contribution is 0.213. The predicted molar refractivity (Wildman–Crippen MR) is 77.0 cm³/mol. The van der Waals surface area contributed by atoms with Crippen molar-refractivity contribution < 1.29 is 0 Å². The van der Waals surface area contributed by atoms with Crippen LogP contribution in [0.5, 0.6) is 0 Å². The first-order valence-corrected chi connectivity index (χ1v) is 7.60. The molecular weight excluding hydrogens is 282 g/mol. The van der Waals surface area contributed by atoms with Gasteiger partial charge in [-0.3, -0.25) is 4.90 Å². The van der Waals surface area contributed by atoms with Gasteiger partial charge in [-0.2, -0.15) is 0 Å². The smallest absolute Gasteiger partial charge is 0.0328 e. The van der Waals surface area contributed by atoms with Crippen molar-refractivity contribution in [2.45, 2.75) is 34.2 Å². The van der Waals surface area contributed by atoms with Gasteiger partial charge in [0.15, 0.2) is 0 Å². The molecule has 3 heteroatoms. The molecule has 1 aromatic rings. The van der Waals surface area contributed by atoms with Crippen LogP contribution in [0.25, 0.3) is 0 Å². The third-order valence-corrected chi connectivity index (χ3v) is 3.93. The summed E-state index contributed by atoms with van der Waals surface area (Å²) in [6.07, 6.45) is 0. The lowest BCUT2D eigenvalue weighted by Crippen LogP contribution is -2.30. The van der Waals surface area contributed by atoms with E-state index >= 15 is 0 Å². The summed E-state index contributed by atoms with van der Waals surface area (Å²) in [6, 6.07) is 2.23. The van der Waals surface area contributed by atoms with E-state index in [2.05, 4.69) is 60.0 Å². The second kappa shape index (κ2) is 6.77. The molecular formula is C13H22BrNS. The highest BCUT2D eigenvalue weighted by Crippen LogP contribution is 2.21. The van der Waals surface area contributed by atoms with Crippen molar-refractivity contribution >= 4 is 27.3 Å². The molecule has 0 bridgehead atoms. The summed E-state index contributed by atoms with van der Waals surface area (Å²) >= 11 is 5.36. The normalized spacial score (nSPS) is 12.0. The minimum absolute atomic E-state index is 0.738. The Balaban J connectivity index is 2.55. The Hall–Kier alpha value is 0.140. The molecule has 0 N–H and O–H groups in total. The Kier molecular flexibility index (Phi) is 6.01. The Morgan fingerprint density at radius 3 is 2.12 bits per heavy atom. The third kappa shape index (κ3) is 5.46. The van der Waals surface area contributed by atoms with Crippen LogP contribution < -0.4 is 0 Å². The summed E-state index contributed by atoms with van der Waals surface area (Å²) in [5.74, 6) is 1.48. The van der Waals surface area contributed by atoms with Crippen LogP contribution in [0.1, 0.15) is 32.6 Å². The standard InChI is InChI=1S/C13H22BrNS/c1-10(2)6-15(7-11(3)4)8-13-5-12(14)9-16-13/h5,9-11H,6-8H2,1-4H3. The molecule has 1 heterocycles. The minimum Gasteiger partial charge on any atom is -0.298 e. The highest BCUT2D eigenvalue weighted by molar-refractivity contribution is 9.10.